The Kier molecular flexibility index (Phi) is 6.54. The van der Waals surface area contributed by atoms with Gasteiger partial charge in [0.25, 0.3) is 5.91 Å². The minimum atomic E-state index is -3.97. The number of hydrogen-bond donors (Lipinski definition) is 2. The number of nitrogens with one attached hydrogen (secondary N) is 1. The van der Waals surface area contributed by atoms with Crippen molar-refractivity contribution in [3.8, 4) is 5.75 Å². The third kappa shape index (κ3) is 5.28. The van der Waals surface area contributed by atoms with E-state index in [0.29, 0.717) is 17.9 Å². The van der Waals surface area contributed by atoms with Crippen molar-refractivity contribution in [1.29, 1.82) is 0 Å². The maximum atomic E-state index is 12.5. The maximum absolute atomic E-state index is 12.5. The Labute approximate surface area is 157 Å². The smallest absolute Gasteiger partial charge is 0.338 e. The molecule has 0 saturated carbocycles. The van der Waals surface area contributed by atoms with Gasteiger partial charge >= 0.3 is 5.97 Å². The molecule has 3 N–H and O–H groups in total. The number of ether oxygens (including phenoxy) is 2. The van der Waals surface area contributed by atoms with Crippen LogP contribution in [0.1, 0.15) is 34.1 Å². The lowest BCUT2D eigenvalue weighted by molar-refractivity contribution is 0.0505. The largest absolute Gasteiger partial charge is 0.496 e. The molecule has 27 heavy (non-hydrogen) atoms. The molecular weight excluding hydrogens is 372 g/mol. The fourth-order valence-corrected chi connectivity index (χ4v) is 2.75. The lowest BCUT2D eigenvalue weighted by Crippen LogP contribution is -2.17. The molecular formula is C18H20N2O6S. The van der Waals surface area contributed by atoms with E-state index < -0.39 is 21.9 Å². The Morgan fingerprint density at radius 3 is 2.33 bits per heavy atom. The summed E-state index contributed by atoms with van der Waals surface area (Å²) in [4.78, 5) is 24.1. The van der Waals surface area contributed by atoms with E-state index in [9.17, 15) is 18.0 Å². The average molecular weight is 392 g/mol. The first-order valence-electron chi connectivity index (χ1n) is 8.05. The van der Waals surface area contributed by atoms with Gasteiger partial charge in [0.15, 0.2) is 0 Å². The Balaban J connectivity index is 2.21. The van der Waals surface area contributed by atoms with Gasteiger partial charge in [0.2, 0.25) is 10.0 Å². The molecule has 0 unspecified atom stereocenters. The van der Waals surface area contributed by atoms with Gasteiger partial charge in [0.1, 0.15) is 5.75 Å². The second-order valence-electron chi connectivity index (χ2n) is 5.57. The highest BCUT2D eigenvalue weighted by atomic mass is 32.2. The van der Waals surface area contributed by atoms with Crippen LogP contribution in [-0.2, 0) is 14.8 Å². The molecule has 144 valence electrons. The van der Waals surface area contributed by atoms with Gasteiger partial charge in [-0.2, -0.15) is 0 Å². The topological polar surface area (TPSA) is 125 Å². The molecule has 2 rings (SSSR count). The molecule has 0 atom stereocenters. The third-order valence-corrected chi connectivity index (χ3v) is 4.47. The van der Waals surface area contributed by atoms with Gasteiger partial charge in [-0.3, -0.25) is 4.79 Å². The van der Waals surface area contributed by atoms with Gasteiger partial charge in [0, 0.05) is 5.69 Å². The lowest BCUT2D eigenvalue weighted by Gasteiger charge is -2.11. The highest BCUT2D eigenvalue weighted by Gasteiger charge is 2.17. The van der Waals surface area contributed by atoms with Crippen molar-refractivity contribution in [3.05, 3.63) is 53.6 Å². The summed E-state index contributed by atoms with van der Waals surface area (Å²) in [6.45, 7) is 2.22. The van der Waals surface area contributed by atoms with Crippen LogP contribution in [0.15, 0.2) is 47.4 Å². The number of rotatable bonds is 7. The second-order valence-corrected chi connectivity index (χ2v) is 7.14. The van der Waals surface area contributed by atoms with Crippen LogP contribution < -0.4 is 15.2 Å². The van der Waals surface area contributed by atoms with Crippen LogP contribution in [0.25, 0.3) is 0 Å². The Morgan fingerprint density at radius 2 is 1.78 bits per heavy atom. The number of methoxy groups -OCH3 is 1. The van der Waals surface area contributed by atoms with Crippen LogP contribution in [0.4, 0.5) is 5.69 Å². The molecule has 1 amide bonds. The fourth-order valence-electron chi connectivity index (χ4n) is 2.21. The van der Waals surface area contributed by atoms with Crippen LogP contribution in [0.3, 0.4) is 0 Å². The van der Waals surface area contributed by atoms with E-state index in [-0.39, 0.29) is 16.2 Å². The molecule has 0 fully saturated rings. The summed E-state index contributed by atoms with van der Waals surface area (Å²) in [6.07, 6.45) is 0.722. The van der Waals surface area contributed by atoms with E-state index in [4.69, 9.17) is 14.6 Å². The molecule has 0 aromatic heterocycles. The third-order valence-electron chi connectivity index (χ3n) is 3.56. The van der Waals surface area contributed by atoms with E-state index in [0.717, 1.165) is 12.5 Å². The molecule has 0 radical (unpaired) electrons. The molecule has 8 nitrogen and oxygen atoms in total. The van der Waals surface area contributed by atoms with Crippen molar-refractivity contribution in [2.24, 2.45) is 5.14 Å². The summed E-state index contributed by atoms with van der Waals surface area (Å²) in [5.74, 6) is -0.837. The highest BCUT2D eigenvalue weighted by molar-refractivity contribution is 7.89. The predicted molar refractivity (Wildman–Crippen MR) is 99.3 cm³/mol. The van der Waals surface area contributed by atoms with Crippen LogP contribution >= 0.6 is 0 Å². The summed E-state index contributed by atoms with van der Waals surface area (Å²) in [5, 5.41) is 7.72. The maximum Gasteiger partial charge on any atom is 0.338 e. The van der Waals surface area contributed by atoms with E-state index in [1.807, 2.05) is 6.92 Å². The summed E-state index contributed by atoms with van der Waals surface area (Å²) < 4.78 is 33.1. The fraction of sp³-hybridized carbons (Fsp3) is 0.222. The first-order valence-corrected chi connectivity index (χ1v) is 9.60. The number of esters is 1. The molecule has 0 aliphatic rings. The molecule has 9 heteroatoms. The number of primary sulfonamides is 1. The van der Waals surface area contributed by atoms with Crippen molar-refractivity contribution in [3.63, 3.8) is 0 Å². The second kappa shape index (κ2) is 8.65. The lowest BCUT2D eigenvalue weighted by atomic mass is 10.1. The van der Waals surface area contributed by atoms with Crippen LogP contribution in [0.2, 0.25) is 0 Å². The zero-order chi connectivity index (χ0) is 20.0. The zero-order valence-corrected chi connectivity index (χ0v) is 15.7. The average Bonchev–Trinajstić information content (AvgIpc) is 2.65. The molecule has 2 aromatic rings. The highest BCUT2D eigenvalue weighted by Crippen LogP contribution is 2.23. The number of hydrogen-bond acceptors (Lipinski definition) is 6. The zero-order valence-electron chi connectivity index (χ0n) is 14.9. The summed E-state index contributed by atoms with van der Waals surface area (Å²) in [7, 11) is -2.61. The normalized spacial score (nSPS) is 10.9. The molecule has 2 aromatic carbocycles. The van der Waals surface area contributed by atoms with E-state index in [2.05, 4.69) is 5.32 Å². The van der Waals surface area contributed by atoms with Crippen LogP contribution in [0.5, 0.6) is 5.75 Å². The van der Waals surface area contributed by atoms with Crippen LogP contribution in [-0.4, -0.2) is 34.0 Å². The molecule has 0 heterocycles. The number of nitrogens with two attached hydrogens (primary N) is 1. The van der Waals surface area contributed by atoms with E-state index in [1.165, 1.54) is 43.5 Å². The van der Waals surface area contributed by atoms with Crippen molar-refractivity contribution in [2.75, 3.05) is 19.0 Å². The van der Waals surface area contributed by atoms with Gasteiger partial charge in [-0.05, 0) is 48.9 Å². The first kappa shape index (κ1) is 20.4. The van der Waals surface area contributed by atoms with Crippen molar-refractivity contribution in [2.45, 2.75) is 18.2 Å². The number of carbonyl (C=O) groups is 2. The number of benzene rings is 2. The Bertz CT molecular complexity index is 939. The van der Waals surface area contributed by atoms with E-state index in [1.54, 1.807) is 0 Å². The molecule has 0 aliphatic heterocycles. The van der Waals surface area contributed by atoms with Crippen molar-refractivity contribution in [1.82, 2.24) is 0 Å². The summed E-state index contributed by atoms with van der Waals surface area (Å²) in [6, 6.07) is 9.85. The van der Waals surface area contributed by atoms with Gasteiger partial charge in [-0.25, -0.2) is 18.4 Å². The quantitative estimate of drug-likeness (QED) is 0.696. The number of amides is 1. The number of carbonyl (C=O) groups excluding carboxylic acids is 2. The first-order chi connectivity index (χ1) is 12.8. The minimum Gasteiger partial charge on any atom is -0.496 e. The molecule has 0 saturated heterocycles. The monoisotopic (exact) mass is 392 g/mol. The molecule has 0 spiro atoms. The van der Waals surface area contributed by atoms with Crippen molar-refractivity contribution >= 4 is 27.6 Å². The number of sulfonamides is 1. The van der Waals surface area contributed by atoms with Gasteiger partial charge in [0.05, 0.1) is 29.7 Å². The SMILES string of the molecule is CCCOC(=O)c1ccc(NC(=O)c2cc(S(N)(=O)=O)ccc2OC)cc1. The molecule has 0 aliphatic carbocycles. The Morgan fingerprint density at radius 1 is 1.11 bits per heavy atom. The summed E-state index contributed by atoms with van der Waals surface area (Å²) in [5.41, 5.74) is 0.779. The predicted octanol–water partition coefficient (Wildman–Crippen LogP) is 2.16. The Hall–Kier alpha value is -2.91. The van der Waals surface area contributed by atoms with Crippen molar-refractivity contribution < 1.29 is 27.5 Å². The minimum absolute atomic E-state index is 0.00968. The van der Waals surface area contributed by atoms with E-state index >= 15 is 0 Å². The van der Waals surface area contributed by atoms with Gasteiger partial charge in [-0.15, -0.1) is 0 Å². The van der Waals surface area contributed by atoms with Crippen LogP contribution in [0, 0.1) is 0 Å². The summed E-state index contributed by atoms with van der Waals surface area (Å²) >= 11 is 0. The molecule has 0 bridgehead atoms. The van der Waals surface area contributed by atoms with Gasteiger partial charge < -0.3 is 14.8 Å². The van der Waals surface area contributed by atoms with Gasteiger partial charge in [-0.1, -0.05) is 6.92 Å². The number of anilines is 1. The standard InChI is InChI=1S/C18H20N2O6S/c1-3-10-26-18(22)12-4-6-13(7-5-12)20-17(21)15-11-14(27(19,23)24)8-9-16(15)25-2/h4-9,11H,3,10H2,1-2H3,(H,20,21)(H2,19,23,24).